The van der Waals surface area contributed by atoms with Gasteiger partial charge in [0.2, 0.25) is 5.91 Å². The van der Waals surface area contributed by atoms with Crippen molar-refractivity contribution in [2.45, 2.75) is 46.6 Å². The van der Waals surface area contributed by atoms with Crippen LogP contribution in [0.3, 0.4) is 0 Å². The second-order valence-electron chi connectivity index (χ2n) is 10.0. The van der Waals surface area contributed by atoms with Crippen LogP contribution in [0.15, 0.2) is 60.7 Å². The third kappa shape index (κ3) is 7.67. The van der Waals surface area contributed by atoms with Crippen LogP contribution in [0.5, 0.6) is 0 Å². The summed E-state index contributed by atoms with van der Waals surface area (Å²) in [6.45, 7) is 10.2. The summed E-state index contributed by atoms with van der Waals surface area (Å²) in [5.41, 5.74) is 1.72. The van der Waals surface area contributed by atoms with E-state index in [1.165, 1.54) is 17.0 Å². The molecule has 2 N–H and O–H groups in total. The van der Waals surface area contributed by atoms with Crippen LogP contribution in [0.4, 0.5) is 15.0 Å². The number of benzene rings is 2. The molecule has 3 rings (SSSR count). The number of nitrogens with one attached hydrogen (secondary N) is 2. The Morgan fingerprint density at radius 3 is 2.31 bits per heavy atom. The normalized spacial score (nSPS) is 11.4. The van der Waals surface area contributed by atoms with Crippen molar-refractivity contribution in [3.8, 4) is 16.9 Å². The van der Waals surface area contributed by atoms with Crippen LogP contribution in [0.25, 0.3) is 16.9 Å². The Morgan fingerprint density at radius 1 is 1.06 bits per heavy atom. The van der Waals surface area contributed by atoms with Gasteiger partial charge in [-0.05, 0) is 57.4 Å². The van der Waals surface area contributed by atoms with Crippen LogP contribution < -0.4 is 10.6 Å². The number of halogens is 1. The molecule has 0 spiro atoms. The van der Waals surface area contributed by atoms with E-state index in [4.69, 9.17) is 0 Å². The molecule has 0 aliphatic rings. The fraction of sp³-hybridized carbons (Fsp3) is 0.370. The van der Waals surface area contributed by atoms with Crippen molar-refractivity contribution in [1.82, 2.24) is 20.0 Å². The van der Waals surface area contributed by atoms with Crippen LogP contribution in [0.2, 0.25) is 0 Å². The molecule has 0 bridgehead atoms. The summed E-state index contributed by atoms with van der Waals surface area (Å²) in [5.74, 6) is 0.109. The van der Waals surface area contributed by atoms with Gasteiger partial charge in [-0.3, -0.25) is 4.79 Å². The Balaban J connectivity index is 1.86. The molecule has 7 nitrogen and oxygen atoms in total. The first-order chi connectivity index (χ1) is 16.5. The predicted octanol–water partition coefficient (Wildman–Crippen LogP) is 5.47. The van der Waals surface area contributed by atoms with Gasteiger partial charge in [0, 0.05) is 23.7 Å². The van der Waals surface area contributed by atoms with Gasteiger partial charge in [-0.2, -0.15) is 5.10 Å². The fourth-order valence-electron chi connectivity index (χ4n) is 3.42. The standard InChI is InChI=1S/C27H34FN5O2/c1-19(2)15-16-32(26(35)30-27(3,4)5)18-25(34)29-24-17-23(20-9-7-6-8-10-20)31-33(24)22-13-11-21(28)12-14-22/h6-14,17,19H,15-16,18H2,1-5H3,(H,29,34)(H,30,35). The lowest BCUT2D eigenvalue weighted by molar-refractivity contribution is -0.116. The number of hydrogen-bond donors (Lipinski definition) is 2. The molecule has 1 aromatic heterocycles. The van der Waals surface area contributed by atoms with Crippen molar-refractivity contribution in [1.29, 1.82) is 0 Å². The lowest BCUT2D eigenvalue weighted by atomic mass is 10.1. The average Bonchev–Trinajstić information content (AvgIpc) is 3.20. The van der Waals surface area contributed by atoms with Crippen molar-refractivity contribution in [3.63, 3.8) is 0 Å². The summed E-state index contributed by atoms with van der Waals surface area (Å²) in [4.78, 5) is 27.5. The van der Waals surface area contributed by atoms with E-state index in [-0.39, 0.29) is 24.3 Å². The number of rotatable bonds is 8. The number of urea groups is 1. The summed E-state index contributed by atoms with van der Waals surface area (Å²) in [5, 5.41) is 10.5. The molecule has 8 heteroatoms. The van der Waals surface area contributed by atoms with Crippen LogP contribution in [-0.2, 0) is 4.79 Å². The Hall–Kier alpha value is -3.68. The van der Waals surface area contributed by atoms with E-state index in [1.54, 1.807) is 22.9 Å². The van der Waals surface area contributed by atoms with Gasteiger partial charge in [0.05, 0.1) is 11.4 Å². The van der Waals surface area contributed by atoms with Gasteiger partial charge in [-0.1, -0.05) is 44.2 Å². The van der Waals surface area contributed by atoms with E-state index in [1.807, 2.05) is 51.1 Å². The van der Waals surface area contributed by atoms with Gasteiger partial charge in [0.1, 0.15) is 18.2 Å². The number of amides is 3. The predicted molar refractivity (Wildman–Crippen MR) is 137 cm³/mol. The molecule has 1 heterocycles. The smallest absolute Gasteiger partial charge is 0.318 e. The van der Waals surface area contributed by atoms with Crippen molar-refractivity contribution >= 4 is 17.8 Å². The Kier molecular flexibility index (Phi) is 8.27. The van der Waals surface area contributed by atoms with Gasteiger partial charge in [-0.25, -0.2) is 13.9 Å². The van der Waals surface area contributed by atoms with Crippen molar-refractivity contribution < 1.29 is 14.0 Å². The highest BCUT2D eigenvalue weighted by molar-refractivity contribution is 5.94. The number of carbonyl (C=O) groups is 2. The molecule has 2 aromatic carbocycles. The van der Waals surface area contributed by atoms with E-state index in [9.17, 15) is 14.0 Å². The third-order valence-corrected chi connectivity index (χ3v) is 5.20. The molecule has 0 fully saturated rings. The second kappa shape index (κ2) is 11.2. The molecule has 186 valence electrons. The van der Waals surface area contributed by atoms with Crippen LogP contribution in [0, 0.1) is 11.7 Å². The van der Waals surface area contributed by atoms with Gasteiger partial charge in [0.25, 0.3) is 0 Å². The summed E-state index contributed by atoms with van der Waals surface area (Å²) in [6.07, 6.45) is 0.774. The SMILES string of the molecule is CC(C)CCN(CC(=O)Nc1cc(-c2ccccc2)nn1-c1ccc(F)cc1)C(=O)NC(C)(C)C. The minimum absolute atomic E-state index is 0.107. The van der Waals surface area contributed by atoms with E-state index in [0.29, 0.717) is 29.7 Å². The number of carbonyl (C=O) groups excluding carboxylic acids is 2. The largest absolute Gasteiger partial charge is 0.333 e. The molecule has 0 aliphatic carbocycles. The molecule has 3 aromatic rings. The highest BCUT2D eigenvalue weighted by Crippen LogP contribution is 2.25. The maximum Gasteiger partial charge on any atom is 0.318 e. The number of anilines is 1. The lowest BCUT2D eigenvalue weighted by Gasteiger charge is -2.28. The third-order valence-electron chi connectivity index (χ3n) is 5.20. The average molecular weight is 480 g/mol. The highest BCUT2D eigenvalue weighted by atomic mass is 19.1. The van der Waals surface area contributed by atoms with Gasteiger partial charge in [-0.15, -0.1) is 0 Å². The first-order valence-corrected chi connectivity index (χ1v) is 11.8. The first-order valence-electron chi connectivity index (χ1n) is 11.8. The van der Waals surface area contributed by atoms with E-state index < -0.39 is 5.54 Å². The minimum atomic E-state index is -0.421. The van der Waals surface area contributed by atoms with Crippen LogP contribution >= 0.6 is 0 Å². The second-order valence-corrected chi connectivity index (χ2v) is 10.0. The summed E-state index contributed by atoms with van der Waals surface area (Å²) in [7, 11) is 0. The maximum atomic E-state index is 13.5. The van der Waals surface area contributed by atoms with Gasteiger partial charge >= 0.3 is 6.03 Å². The Labute approximate surface area is 206 Å². The highest BCUT2D eigenvalue weighted by Gasteiger charge is 2.23. The summed E-state index contributed by atoms with van der Waals surface area (Å²) < 4.78 is 15.1. The van der Waals surface area contributed by atoms with E-state index in [0.717, 1.165) is 12.0 Å². The molecule has 0 unspecified atom stereocenters. The first kappa shape index (κ1) is 25.9. The number of aromatic nitrogens is 2. The quantitative estimate of drug-likeness (QED) is 0.449. The molecular weight excluding hydrogens is 445 g/mol. The lowest BCUT2D eigenvalue weighted by Crippen LogP contribution is -2.50. The zero-order chi connectivity index (χ0) is 25.6. The van der Waals surface area contributed by atoms with Gasteiger partial charge in [0.15, 0.2) is 0 Å². The van der Waals surface area contributed by atoms with Crippen molar-refractivity contribution in [3.05, 3.63) is 66.5 Å². The molecule has 0 saturated heterocycles. The van der Waals surface area contributed by atoms with Crippen molar-refractivity contribution in [2.75, 3.05) is 18.4 Å². The Morgan fingerprint density at radius 2 is 1.71 bits per heavy atom. The zero-order valence-corrected chi connectivity index (χ0v) is 21.0. The number of hydrogen-bond acceptors (Lipinski definition) is 3. The fourth-order valence-corrected chi connectivity index (χ4v) is 3.42. The topological polar surface area (TPSA) is 79.3 Å². The molecule has 0 aliphatic heterocycles. The maximum absolute atomic E-state index is 13.5. The molecule has 35 heavy (non-hydrogen) atoms. The summed E-state index contributed by atoms with van der Waals surface area (Å²) >= 11 is 0. The molecule has 0 saturated carbocycles. The molecule has 0 radical (unpaired) electrons. The molecule has 3 amide bonds. The van der Waals surface area contributed by atoms with Gasteiger partial charge < -0.3 is 15.5 Å². The summed E-state index contributed by atoms with van der Waals surface area (Å²) in [6, 6.07) is 16.9. The zero-order valence-electron chi connectivity index (χ0n) is 21.0. The Bertz CT molecular complexity index is 1130. The minimum Gasteiger partial charge on any atom is -0.333 e. The van der Waals surface area contributed by atoms with Crippen LogP contribution in [-0.4, -0.2) is 45.2 Å². The van der Waals surface area contributed by atoms with E-state index >= 15 is 0 Å². The molecular formula is C27H34FN5O2. The van der Waals surface area contributed by atoms with E-state index in [2.05, 4.69) is 29.6 Å². The monoisotopic (exact) mass is 479 g/mol. The molecule has 0 atom stereocenters. The van der Waals surface area contributed by atoms with Crippen molar-refractivity contribution in [2.24, 2.45) is 5.92 Å². The van der Waals surface area contributed by atoms with Crippen LogP contribution in [0.1, 0.15) is 41.0 Å². The number of nitrogens with zero attached hydrogens (tertiary/aromatic N) is 3.